The van der Waals surface area contributed by atoms with Crippen LogP contribution in [0, 0.1) is 0 Å². The lowest BCUT2D eigenvalue weighted by molar-refractivity contribution is -0.133. The Balaban J connectivity index is 1.78. The van der Waals surface area contributed by atoms with Crippen molar-refractivity contribution < 1.29 is 23.9 Å². The van der Waals surface area contributed by atoms with Crippen molar-refractivity contribution in [3.8, 4) is 11.5 Å². The molecule has 2 N–H and O–H groups in total. The molecule has 8 nitrogen and oxygen atoms in total. The summed E-state index contributed by atoms with van der Waals surface area (Å²) in [4.78, 5) is 39.4. The molecular formula is C24H28ClN3O5. The Kier molecular flexibility index (Phi) is 6.61. The van der Waals surface area contributed by atoms with Crippen molar-refractivity contribution in [1.82, 2.24) is 10.2 Å². The van der Waals surface area contributed by atoms with Crippen molar-refractivity contribution >= 4 is 35.1 Å². The van der Waals surface area contributed by atoms with E-state index in [2.05, 4.69) is 31.4 Å². The van der Waals surface area contributed by atoms with Crippen LogP contribution < -0.4 is 20.1 Å². The highest BCUT2D eigenvalue weighted by molar-refractivity contribution is 6.32. The van der Waals surface area contributed by atoms with Crippen LogP contribution in [0.5, 0.6) is 11.5 Å². The van der Waals surface area contributed by atoms with Crippen molar-refractivity contribution in [3.05, 3.63) is 52.5 Å². The summed E-state index contributed by atoms with van der Waals surface area (Å²) >= 11 is 6.09. The third-order valence-electron chi connectivity index (χ3n) is 5.65. The van der Waals surface area contributed by atoms with Crippen molar-refractivity contribution in [2.24, 2.45) is 0 Å². The lowest BCUT2D eigenvalue weighted by atomic mass is 9.84. The molecule has 1 fully saturated rings. The summed E-state index contributed by atoms with van der Waals surface area (Å²) in [5.74, 6) is -0.426. The molecule has 0 bridgehead atoms. The maximum Gasteiger partial charge on any atom is 0.325 e. The van der Waals surface area contributed by atoms with Crippen molar-refractivity contribution in [2.75, 3.05) is 26.1 Å². The monoisotopic (exact) mass is 473 g/mol. The van der Waals surface area contributed by atoms with E-state index >= 15 is 0 Å². The third-order valence-corrected chi connectivity index (χ3v) is 5.95. The van der Waals surface area contributed by atoms with Crippen LogP contribution in [0.1, 0.15) is 38.8 Å². The molecule has 0 spiro atoms. The number of benzene rings is 2. The average Bonchev–Trinajstić information content (AvgIpc) is 2.98. The Morgan fingerprint density at radius 1 is 1.09 bits per heavy atom. The number of nitrogens with one attached hydrogen (secondary N) is 2. The summed E-state index contributed by atoms with van der Waals surface area (Å²) in [5, 5.41) is 5.68. The zero-order valence-electron chi connectivity index (χ0n) is 19.5. The number of rotatable bonds is 6. The number of hydrogen-bond donors (Lipinski definition) is 2. The average molecular weight is 474 g/mol. The van der Waals surface area contributed by atoms with Gasteiger partial charge < -0.3 is 20.1 Å². The maximum absolute atomic E-state index is 13.2. The van der Waals surface area contributed by atoms with Crippen LogP contribution in [0.2, 0.25) is 5.02 Å². The fraction of sp³-hybridized carbons (Fsp3) is 0.375. The summed E-state index contributed by atoms with van der Waals surface area (Å²) in [7, 11) is 2.88. The number of hydrogen-bond acceptors (Lipinski definition) is 5. The summed E-state index contributed by atoms with van der Waals surface area (Å²) < 4.78 is 10.4. The minimum atomic E-state index is -1.27. The number of amides is 4. The predicted octanol–water partition coefficient (Wildman–Crippen LogP) is 4.06. The van der Waals surface area contributed by atoms with Crippen molar-refractivity contribution in [1.29, 1.82) is 0 Å². The Hall–Kier alpha value is -3.26. The van der Waals surface area contributed by atoms with Crippen LogP contribution >= 0.6 is 11.6 Å². The Morgan fingerprint density at radius 3 is 2.24 bits per heavy atom. The molecule has 0 saturated carbocycles. The van der Waals surface area contributed by atoms with Gasteiger partial charge in [0.05, 0.1) is 24.9 Å². The van der Waals surface area contributed by atoms with E-state index in [4.69, 9.17) is 21.1 Å². The highest BCUT2D eigenvalue weighted by atomic mass is 35.5. The summed E-state index contributed by atoms with van der Waals surface area (Å²) in [6, 6.07) is 9.90. The molecule has 33 heavy (non-hydrogen) atoms. The lowest BCUT2D eigenvalue weighted by Gasteiger charge is -2.24. The van der Waals surface area contributed by atoms with E-state index in [1.807, 2.05) is 24.3 Å². The van der Waals surface area contributed by atoms with E-state index in [1.54, 1.807) is 6.92 Å². The number of methoxy groups -OCH3 is 2. The van der Waals surface area contributed by atoms with Gasteiger partial charge in [0, 0.05) is 12.1 Å². The van der Waals surface area contributed by atoms with E-state index in [-0.39, 0.29) is 5.41 Å². The van der Waals surface area contributed by atoms with Crippen LogP contribution in [0.3, 0.4) is 0 Å². The highest BCUT2D eigenvalue weighted by Gasteiger charge is 2.49. The summed E-state index contributed by atoms with van der Waals surface area (Å²) in [5.41, 5.74) is 0.736. The molecule has 0 aliphatic carbocycles. The topological polar surface area (TPSA) is 97.0 Å². The van der Waals surface area contributed by atoms with E-state index in [0.717, 1.165) is 10.5 Å². The zero-order valence-corrected chi connectivity index (χ0v) is 20.3. The fourth-order valence-corrected chi connectivity index (χ4v) is 3.86. The summed E-state index contributed by atoms with van der Waals surface area (Å²) in [6.07, 6.45) is 0. The lowest BCUT2D eigenvalue weighted by Crippen LogP contribution is -2.42. The van der Waals surface area contributed by atoms with E-state index in [0.29, 0.717) is 27.8 Å². The van der Waals surface area contributed by atoms with Gasteiger partial charge in [-0.1, -0.05) is 56.6 Å². The predicted molar refractivity (Wildman–Crippen MR) is 126 cm³/mol. The second kappa shape index (κ2) is 8.94. The molecule has 0 radical (unpaired) electrons. The van der Waals surface area contributed by atoms with Gasteiger partial charge in [-0.15, -0.1) is 0 Å². The first-order valence-electron chi connectivity index (χ1n) is 10.4. The number of urea groups is 1. The molecule has 176 valence electrons. The van der Waals surface area contributed by atoms with Gasteiger partial charge in [0.25, 0.3) is 5.91 Å². The normalized spacial score (nSPS) is 18.2. The number of anilines is 1. The van der Waals surface area contributed by atoms with E-state index in [1.165, 1.54) is 26.4 Å². The van der Waals surface area contributed by atoms with Crippen LogP contribution in [-0.4, -0.2) is 43.5 Å². The van der Waals surface area contributed by atoms with E-state index in [9.17, 15) is 14.4 Å². The number of imide groups is 1. The highest BCUT2D eigenvalue weighted by Crippen LogP contribution is 2.36. The molecule has 9 heteroatoms. The smallest absolute Gasteiger partial charge is 0.325 e. The molecule has 3 rings (SSSR count). The first-order valence-corrected chi connectivity index (χ1v) is 10.7. The molecule has 0 aromatic heterocycles. The zero-order chi connectivity index (χ0) is 24.6. The molecule has 1 heterocycles. The first kappa shape index (κ1) is 24.4. The van der Waals surface area contributed by atoms with Crippen molar-refractivity contribution in [3.63, 3.8) is 0 Å². The fourth-order valence-electron chi connectivity index (χ4n) is 3.63. The van der Waals surface area contributed by atoms with Gasteiger partial charge in [-0.05, 0) is 23.5 Å². The van der Waals surface area contributed by atoms with Gasteiger partial charge in [-0.3, -0.25) is 14.5 Å². The van der Waals surface area contributed by atoms with Crippen LogP contribution in [-0.2, 0) is 20.5 Å². The number of nitrogens with zero attached hydrogens (tertiary/aromatic N) is 1. The molecule has 2 aromatic carbocycles. The number of carbonyl (C=O) groups excluding carboxylic acids is 3. The molecule has 1 aliphatic heterocycles. The molecule has 1 saturated heterocycles. The van der Waals surface area contributed by atoms with Gasteiger partial charge in [-0.25, -0.2) is 4.79 Å². The SMILES string of the molecule is COc1cc(NC(=O)CN2C(=O)NC(C)(c3ccc(C(C)(C)C)cc3)C2=O)c(OC)cc1Cl. The van der Waals surface area contributed by atoms with Gasteiger partial charge in [0.15, 0.2) is 0 Å². The van der Waals surface area contributed by atoms with Crippen molar-refractivity contribution in [2.45, 2.75) is 38.6 Å². The number of ether oxygens (including phenoxy) is 2. The third kappa shape index (κ3) is 4.75. The number of carbonyl (C=O) groups is 3. The standard InChI is InChI=1S/C24H28ClN3O5/c1-23(2,3)14-7-9-15(10-8-14)24(4)21(30)28(22(31)27-24)13-20(29)26-17-12-18(32-5)16(25)11-19(17)33-6/h7-12H,13H2,1-6H3,(H,26,29)(H,27,31). The van der Waals surface area contributed by atoms with Crippen LogP contribution in [0.25, 0.3) is 0 Å². The van der Waals surface area contributed by atoms with Crippen LogP contribution in [0.4, 0.5) is 10.5 Å². The second-order valence-electron chi connectivity index (χ2n) is 9.01. The van der Waals surface area contributed by atoms with Gasteiger partial charge >= 0.3 is 6.03 Å². The number of halogens is 1. The van der Waals surface area contributed by atoms with Gasteiger partial charge in [0.2, 0.25) is 5.91 Å². The molecule has 1 aliphatic rings. The molecule has 2 aromatic rings. The second-order valence-corrected chi connectivity index (χ2v) is 9.42. The Labute approximate surface area is 198 Å². The largest absolute Gasteiger partial charge is 0.495 e. The molecule has 4 amide bonds. The summed E-state index contributed by atoms with van der Waals surface area (Å²) in [6.45, 7) is 7.45. The van der Waals surface area contributed by atoms with Crippen LogP contribution in [0.15, 0.2) is 36.4 Å². The maximum atomic E-state index is 13.2. The quantitative estimate of drug-likeness (QED) is 0.616. The minimum absolute atomic E-state index is 0.0438. The van der Waals surface area contributed by atoms with Gasteiger partial charge in [-0.2, -0.15) is 0 Å². The molecule has 1 unspecified atom stereocenters. The Bertz CT molecular complexity index is 1090. The Morgan fingerprint density at radius 2 is 1.70 bits per heavy atom. The van der Waals surface area contributed by atoms with E-state index < -0.39 is 29.9 Å². The molecular weight excluding hydrogens is 446 g/mol. The first-order chi connectivity index (χ1) is 15.4. The van der Waals surface area contributed by atoms with Gasteiger partial charge in [0.1, 0.15) is 23.6 Å². The molecule has 1 atom stereocenters. The minimum Gasteiger partial charge on any atom is -0.495 e.